The molecule has 5 rings (SSSR count). The maximum Gasteiger partial charge on any atom is 0.268 e. The van der Waals surface area contributed by atoms with Gasteiger partial charge in [-0.05, 0) is 41.3 Å². The summed E-state index contributed by atoms with van der Waals surface area (Å²) in [6, 6.07) is 45.7. The second kappa shape index (κ2) is 13.3. The third kappa shape index (κ3) is 6.15. The molecular weight excluding hydrogens is 518 g/mol. The number of hydrogen-bond donors (Lipinski definition) is 0. The minimum absolute atomic E-state index is 0.289. The van der Waals surface area contributed by atoms with Gasteiger partial charge in [-0.2, -0.15) is 0 Å². The largest absolute Gasteiger partial charge is 0.495 e. The molecule has 0 saturated carbocycles. The summed E-state index contributed by atoms with van der Waals surface area (Å²) in [5.74, 6) is -1.17. The number of anilines is 1. The van der Waals surface area contributed by atoms with E-state index in [0.29, 0.717) is 11.4 Å². The Morgan fingerprint density at radius 2 is 1.05 bits per heavy atom. The minimum atomic E-state index is -0.722. The molecule has 0 N–H and O–H groups in total. The number of ether oxygens (including phenoxy) is 1. The fourth-order valence-corrected chi connectivity index (χ4v) is 4.97. The molecule has 0 aliphatic carbocycles. The molecule has 0 aliphatic heterocycles. The van der Waals surface area contributed by atoms with Gasteiger partial charge in [0.2, 0.25) is 5.91 Å². The highest BCUT2D eigenvalue weighted by molar-refractivity contribution is 6.23. The van der Waals surface area contributed by atoms with Crippen LogP contribution in [-0.2, 0) is 9.59 Å². The predicted octanol–water partition coefficient (Wildman–Crippen LogP) is 8.06. The van der Waals surface area contributed by atoms with Crippen molar-refractivity contribution in [3.63, 3.8) is 0 Å². The minimum Gasteiger partial charge on any atom is -0.495 e. The van der Waals surface area contributed by atoms with E-state index in [2.05, 4.69) is 5.73 Å². The SMILES string of the molecule is COc1ccccc1N(C(=O)C(C)=C=C(c1ccccc1)c1ccccc1)C(=O)C(c1ccccc1)c1ccccc1. The first-order chi connectivity index (χ1) is 20.6. The van der Waals surface area contributed by atoms with Gasteiger partial charge in [0.15, 0.2) is 0 Å². The van der Waals surface area contributed by atoms with Crippen LogP contribution in [0.4, 0.5) is 5.69 Å². The molecule has 0 atom stereocenters. The summed E-state index contributed by atoms with van der Waals surface area (Å²) in [4.78, 5) is 30.4. The average Bonchev–Trinajstić information content (AvgIpc) is 3.06. The number of para-hydroxylation sites is 2. The van der Waals surface area contributed by atoms with Crippen LogP contribution >= 0.6 is 0 Å². The molecule has 0 saturated heterocycles. The molecule has 0 heterocycles. The van der Waals surface area contributed by atoms with Crippen LogP contribution in [0.3, 0.4) is 0 Å². The number of nitrogens with zero attached hydrogens (tertiary/aromatic N) is 1. The molecule has 5 aromatic rings. The van der Waals surface area contributed by atoms with E-state index in [1.54, 1.807) is 25.1 Å². The van der Waals surface area contributed by atoms with Crippen LogP contribution in [0, 0.1) is 0 Å². The van der Waals surface area contributed by atoms with Gasteiger partial charge >= 0.3 is 0 Å². The van der Waals surface area contributed by atoms with Crippen molar-refractivity contribution < 1.29 is 14.3 Å². The molecule has 5 aromatic carbocycles. The zero-order valence-electron chi connectivity index (χ0n) is 23.6. The van der Waals surface area contributed by atoms with Crippen LogP contribution in [0.2, 0.25) is 0 Å². The lowest BCUT2D eigenvalue weighted by atomic mass is 9.89. The number of amides is 2. The van der Waals surface area contributed by atoms with Crippen molar-refractivity contribution in [2.24, 2.45) is 0 Å². The van der Waals surface area contributed by atoms with E-state index in [4.69, 9.17) is 4.74 Å². The van der Waals surface area contributed by atoms with Crippen molar-refractivity contribution in [3.8, 4) is 5.75 Å². The average molecular weight is 550 g/mol. The number of rotatable bonds is 8. The Kier molecular flexibility index (Phi) is 8.88. The quantitative estimate of drug-likeness (QED) is 0.145. The molecule has 0 aromatic heterocycles. The number of benzene rings is 5. The van der Waals surface area contributed by atoms with E-state index in [-0.39, 0.29) is 11.5 Å². The summed E-state index contributed by atoms with van der Waals surface area (Å²) in [7, 11) is 1.53. The molecule has 206 valence electrons. The van der Waals surface area contributed by atoms with Crippen LogP contribution in [0.5, 0.6) is 5.75 Å². The van der Waals surface area contributed by atoms with Gasteiger partial charge in [-0.15, -0.1) is 5.73 Å². The molecular formula is C38H31NO3. The normalized spacial score (nSPS) is 10.5. The monoisotopic (exact) mass is 549 g/mol. The summed E-state index contributed by atoms with van der Waals surface area (Å²) in [6.07, 6.45) is 0. The number of methoxy groups -OCH3 is 1. The first-order valence-corrected chi connectivity index (χ1v) is 13.8. The number of carbonyl (C=O) groups is 2. The zero-order valence-corrected chi connectivity index (χ0v) is 23.6. The Balaban J connectivity index is 1.71. The smallest absolute Gasteiger partial charge is 0.268 e. The molecule has 0 fully saturated rings. The first kappa shape index (κ1) is 28.1. The Hall–Kier alpha value is -5.44. The van der Waals surface area contributed by atoms with E-state index in [1.165, 1.54) is 12.0 Å². The van der Waals surface area contributed by atoms with Gasteiger partial charge in [-0.3, -0.25) is 9.59 Å². The maximum absolute atomic E-state index is 14.7. The summed E-state index contributed by atoms with van der Waals surface area (Å²) in [6.45, 7) is 1.70. The molecule has 0 radical (unpaired) electrons. The Morgan fingerprint density at radius 3 is 1.52 bits per heavy atom. The third-order valence-corrected chi connectivity index (χ3v) is 7.02. The van der Waals surface area contributed by atoms with Gasteiger partial charge in [-0.25, -0.2) is 4.90 Å². The number of carbonyl (C=O) groups excluding carboxylic acids is 2. The highest BCUT2D eigenvalue weighted by Gasteiger charge is 2.34. The Morgan fingerprint density at radius 1 is 0.619 bits per heavy atom. The van der Waals surface area contributed by atoms with Crippen LogP contribution in [-0.4, -0.2) is 18.9 Å². The molecule has 4 heteroatoms. The van der Waals surface area contributed by atoms with Crippen molar-refractivity contribution >= 4 is 23.1 Å². The fourth-order valence-electron chi connectivity index (χ4n) is 4.97. The lowest BCUT2D eigenvalue weighted by Crippen LogP contribution is -2.41. The van der Waals surface area contributed by atoms with E-state index >= 15 is 0 Å². The molecule has 0 bridgehead atoms. The van der Waals surface area contributed by atoms with E-state index in [0.717, 1.165) is 27.8 Å². The summed E-state index contributed by atoms with van der Waals surface area (Å²) < 4.78 is 5.64. The van der Waals surface area contributed by atoms with Gasteiger partial charge in [0.25, 0.3) is 5.91 Å². The van der Waals surface area contributed by atoms with E-state index < -0.39 is 11.8 Å². The van der Waals surface area contributed by atoms with E-state index in [1.807, 2.05) is 127 Å². The van der Waals surface area contributed by atoms with Crippen LogP contribution in [0.1, 0.15) is 35.1 Å². The number of imide groups is 1. The third-order valence-electron chi connectivity index (χ3n) is 7.02. The second-order valence-corrected chi connectivity index (χ2v) is 9.76. The standard InChI is InChI=1S/C38H31NO3/c1-28(27-33(29-17-7-3-8-18-29)30-19-9-4-10-20-30)37(40)39(34-25-15-16-26-35(34)42-2)38(41)36(31-21-11-5-12-22-31)32-23-13-6-14-24-32/h3-26,36H,1-2H3. The van der Waals surface area contributed by atoms with Gasteiger partial charge < -0.3 is 4.74 Å². The number of hydrogen-bond acceptors (Lipinski definition) is 3. The lowest BCUT2D eigenvalue weighted by molar-refractivity contribution is -0.125. The zero-order chi connectivity index (χ0) is 29.3. The van der Waals surface area contributed by atoms with Crippen molar-refractivity contribution in [2.45, 2.75) is 12.8 Å². The summed E-state index contributed by atoms with van der Waals surface area (Å²) in [5.41, 5.74) is 8.18. The van der Waals surface area contributed by atoms with Crippen LogP contribution in [0.25, 0.3) is 5.57 Å². The summed E-state index contributed by atoms with van der Waals surface area (Å²) >= 11 is 0. The van der Waals surface area contributed by atoms with Gasteiger partial charge in [-0.1, -0.05) is 133 Å². The van der Waals surface area contributed by atoms with Crippen molar-refractivity contribution in [1.29, 1.82) is 0 Å². The fraction of sp³-hybridized carbons (Fsp3) is 0.0789. The first-order valence-electron chi connectivity index (χ1n) is 13.8. The molecule has 0 unspecified atom stereocenters. The Bertz CT molecular complexity index is 1640. The summed E-state index contributed by atoms with van der Waals surface area (Å²) in [5, 5.41) is 0. The van der Waals surface area contributed by atoms with Gasteiger partial charge in [0, 0.05) is 5.57 Å². The Labute approximate surface area is 246 Å². The highest BCUT2D eigenvalue weighted by atomic mass is 16.5. The molecule has 0 aliphatic rings. The van der Waals surface area contributed by atoms with Crippen molar-refractivity contribution in [1.82, 2.24) is 0 Å². The molecule has 0 spiro atoms. The van der Waals surface area contributed by atoms with Crippen LogP contribution < -0.4 is 9.64 Å². The predicted molar refractivity (Wildman–Crippen MR) is 168 cm³/mol. The van der Waals surface area contributed by atoms with Crippen molar-refractivity contribution in [3.05, 3.63) is 179 Å². The molecule has 2 amide bonds. The topological polar surface area (TPSA) is 46.6 Å². The van der Waals surface area contributed by atoms with Crippen molar-refractivity contribution in [2.75, 3.05) is 12.0 Å². The van der Waals surface area contributed by atoms with Gasteiger partial charge in [0.05, 0.1) is 24.3 Å². The lowest BCUT2D eigenvalue weighted by Gasteiger charge is -2.28. The van der Waals surface area contributed by atoms with Crippen LogP contribution in [0.15, 0.2) is 157 Å². The maximum atomic E-state index is 14.7. The van der Waals surface area contributed by atoms with Gasteiger partial charge in [0.1, 0.15) is 5.75 Å². The molecule has 4 nitrogen and oxygen atoms in total. The second-order valence-electron chi connectivity index (χ2n) is 9.76. The highest BCUT2D eigenvalue weighted by Crippen LogP contribution is 2.35. The van der Waals surface area contributed by atoms with E-state index in [9.17, 15) is 9.59 Å². The molecule has 42 heavy (non-hydrogen) atoms.